The van der Waals surface area contributed by atoms with E-state index in [2.05, 4.69) is 30.3 Å². The molecule has 0 fully saturated rings. The van der Waals surface area contributed by atoms with Crippen LogP contribution in [-0.4, -0.2) is 27.6 Å². The number of hydrogen-bond acceptors (Lipinski definition) is 3. The van der Waals surface area contributed by atoms with Crippen molar-refractivity contribution >= 4 is 22.9 Å². The van der Waals surface area contributed by atoms with Crippen LogP contribution in [0.2, 0.25) is 0 Å². The molecule has 0 radical (unpaired) electrons. The van der Waals surface area contributed by atoms with E-state index < -0.39 is 11.7 Å². The van der Waals surface area contributed by atoms with E-state index in [0.717, 1.165) is 28.6 Å². The molecule has 0 saturated carbocycles. The molecule has 2 rings (SSSR count). The summed E-state index contributed by atoms with van der Waals surface area (Å²) in [4.78, 5) is 28.1. The van der Waals surface area contributed by atoms with Crippen molar-refractivity contribution in [3.05, 3.63) is 35.5 Å². The number of carbonyl (C=O) groups excluding carboxylic acids is 2. The lowest BCUT2D eigenvalue weighted by Gasteiger charge is -2.27. The van der Waals surface area contributed by atoms with E-state index in [-0.39, 0.29) is 12.5 Å². The summed E-state index contributed by atoms with van der Waals surface area (Å²) in [5.41, 5.74) is 5.10. The number of nitrogens with one attached hydrogen (secondary N) is 2. The van der Waals surface area contributed by atoms with E-state index in [0.29, 0.717) is 12.3 Å². The van der Waals surface area contributed by atoms with Crippen molar-refractivity contribution in [2.45, 2.75) is 66.5 Å². The van der Waals surface area contributed by atoms with Crippen LogP contribution in [0, 0.1) is 12.8 Å². The van der Waals surface area contributed by atoms with E-state index in [4.69, 9.17) is 4.74 Å². The second-order valence-electron chi connectivity index (χ2n) is 8.41. The van der Waals surface area contributed by atoms with Crippen molar-refractivity contribution in [1.82, 2.24) is 15.4 Å². The predicted molar refractivity (Wildman–Crippen MR) is 107 cm³/mol. The maximum absolute atomic E-state index is 12.6. The Bertz CT molecular complexity index is 803. The molecule has 1 heterocycles. The van der Waals surface area contributed by atoms with Crippen LogP contribution >= 0.6 is 0 Å². The first kappa shape index (κ1) is 20.8. The number of aryl methyl sites for hydroxylation is 1. The molecule has 2 amide bonds. The molecule has 0 spiro atoms. The molecule has 0 bridgehead atoms. The molecule has 0 aliphatic rings. The maximum Gasteiger partial charge on any atom is 0.429 e. The van der Waals surface area contributed by atoms with Crippen molar-refractivity contribution in [3.8, 4) is 0 Å². The molecule has 27 heavy (non-hydrogen) atoms. The quantitative estimate of drug-likeness (QED) is 0.747. The zero-order valence-electron chi connectivity index (χ0n) is 17.2. The van der Waals surface area contributed by atoms with Gasteiger partial charge in [-0.25, -0.2) is 9.80 Å². The largest absolute Gasteiger partial charge is 0.442 e. The van der Waals surface area contributed by atoms with Crippen LogP contribution in [0.4, 0.5) is 4.79 Å². The molecule has 0 saturated heterocycles. The van der Waals surface area contributed by atoms with Crippen LogP contribution in [0.15, 0.2) is 24.3 Å². The highest BCUT2D eigenvalue weighted by Gasteiger charge is 2.24. The van der Waals surface area contributed by atoms with Gasteiger partial charge in [0, 0.05) is 17.6 Å². The molecule has 2 N–H and O–H groups in total. The molecule has 1 aromatic carbocycles. The van der Waals surface area contributed by atoms with Crippen molar-refractivity contribution in [2.75, 3.05) is 0 Å². The standard InChI is InChI=1S/C21H31N3O3/c1-14(2)7-10-19(25)23-24(20(26)27-21(4,5)6)13-16-8-9-18-17(12-16)11-15(3)22-18/h8-9,11-12,14,22H,7,10,13H2,1-6H3,(H,23,25). The van der Waals surface area contributed by atoms with Gasteiger partial charge in [0.1, 0.15) is 5.60 Å². The molecule has 0 atom stereocenters. The molecule has 2 aromatic rings. The first-order valence-electron chi connectivity index (χ1n) is 9.42. The topological polar surface area (TPSA) is 74.4 Å². The Morgan fingerprint density at radius 1 is 1.22 bits per heavy atom. The van der Waals surface area contributed by atoms with Gasteiger partial charge in [-0.1, -0.05) is 19.9 Å². The number of ether oxygens (including phenoxy) is 1. The summed E-state index contributed by atoms with van der Waals surface area (Å²) in [6.45, 7) is 11.8. The lowest BCUT2D eigenvalue weighted by molar-refractivity contribution is -0.126. The molecule has 0 aliphatic carbocycles. The Morgan fingerprint density at radius 2 is 1.93 bits per heavy atom. The number of hydrazine groups is 1. The van der Waals surface area contributed by atoms with Crippen LogP contribution in [0.3, 0.4) is 0 Å². The fourth-order valence-corrected chi connectivity index (χ4v) is 2.70. The van der Waals surface area contributed by atoms with Crippen molar-refractivity contribution in [3.63, 3.8) is 0 Å². The molecule has 148 valence electrons. The number of benzene rings is 1. The van der Waals surface area contributed by atoms with E-state index in [1.807, 2.05) is 25.1 Å². The van der Waals surface area contributed by atoms with Crippen LogP contribution in [0.1, 0.15) is 58.7 Å². The van der Waals surface area contributed by atoms with Crippen molar-refractivity contribution in [2.24, 2.45) is 5.92 Å². The lowest BCUT2D eigenvalue weighted by Crippen LogP contribution is -2.47. The van der Waals surface area contributed by atoms with Gasteiger partial charge in [0.25, 0.3) is 0 Å². The van der Waals surface area contributed by atoms with E-state index in [9.17, 15) is 9.59 Å². The molecular weight excluding hydrogens is 342 g/mol. The summed E-state index contributed by atoms with van der Waals surface area (Å²) in [5, 5.41) is 2.33. The third-order valence-corrected chi connectivity index (χ3v) is 3.98. The van der Waals surface area contributed by atoms with Gasteiger partial charge in [0.05, 0.1) is 6.54 Å². The summed E-state index contributed by atoms with van der Waals surface area (Å²) in [5.74, 6) is 0.234. The zero-order valence-corrected chi connectivity index (χ0v) is 17.2. The fourth-order valence-electron chi connectivity index (χ4n) is 2.70. The van der Waals surface area contributed by atoms with E-state index in [1.54, 1.807) is 20.8 Å². The first-order valence-corrected chi connectivity index (χ1v) is 9.42. The van der Waals surface area contributed by atoms with Gasteiger partial charge >= 0.3 is 6.09 Å². The normalized spacial score (nSPS) is 11.7. The number of aromatic nitrogens is 1. The lowest BCUT2D eigenvalue weighted by atomic mass is 10.1. The number of amides is 2. The van der Waals surface area contributed by atoms with Gasteiger partial charge in [-0.3, -0.25) is 10.2 Å². The second-order valence-corrected chi connectivity index (χ2v) is 8.41. The minimum Gasteiger partial charge on any atom is -0.442 e. The Kier molecular flexibility index (Phi) is 6.52. The first-order chi connectivity index (χ1) is 12.5. The van der Waals surface area contributed by atoms with E-state index in [1.165, 1.54) is 5.01 Å². The maximum atomic E-state index is 12.6. The average Bonchev–Trinajstić information content (AvgIpc) is 2.90. The smallest absolute Gasteiger partial charge is 0.429 e. The summed E-state index contributed by atoms with van der Waals surface area (Å²) < 4.78 is 5.46. The van der Waals surface area contributed by atoms with Crippen molar-refractivity contribution < 1.29 is 14.3 Å². The summed E-state index contributed by atoms with van der Waals surface area (Å²) in [6, 6.07) is 7.98. The second kappa shape index (κ2) is 8.46. The van der Waals surface area contributed by atoms with Crippen LogP contribution < -0.4 is 5.43 Å². The Hall–Kier alpha value is -2.50. The van der Waals surface area contributed by atoms with Crippen LogP contribution in [0.5, 0.6) is 0 Å². The van der Waals surface area contributed by atoms with E-state index >= 15 is 0 Å². The van der Waals surface area contributed by atoms with Crippen LogP contribution in [0.25, 0.3) is 10.9 Å². The van der Waals surface area contributed by atoms with Gasteiger partial charge in [-0.15, -0.1) is 0 Å². The number of H-pyrrole nitrogens is 1. The molecule has 6 nitrogen and oxygen atoms in total. The highest BCUT2D eigenvalue weighted by molar-refractivity contribution is 5.82. The zero-order chi connectivity index (χ0) is 20.2. The third-order valence-electron chi connectivity index (χ3n) is 3.98. The van der Waals surface area contributed by atoms with Crippen LogP contribution in [-0.2, 0) is 16.1 Å². The predicted octanol–water partition coefficient (Wildman–Crippen LogP) is 4.68. The minimum absolute atomic E-state index is 0.187. The number of hydrogen-bond donors (Lipinski definition) is 2. The summed E-state index contributed by atoms with van der Waals surface area (Å²) in [7, 11) is 0. The van der Waals surface area contributed by atoms with Gasteiger partial charge in [-0.05, 0) is 69.2 Å². The monoisotopic (exact) mass is 373 g/mol. The number of aromatic amines is 1. The molecular formula is C21H31N3O3. The Morgan fingerprint density at radius 3 is 2.56 bits per heavy atom. The molecule has 6 heteroatoms. The number of carbonyl (C=O) groups is 2. The molecule has 1 aromatic heterocycles. The van der Waals surface area contributed by atoms with Gasteiger partial charge in [0.15, 0.2) is 0 Å². The summed E-state index contributed by atoms with van der Waals surface area (Å²) in [6.07, 6.45) is 0.570. The van der Waals surface area contributed by atoms with Gasteiger partial charge in [0.2, 0.25) is 5.91 Å². The highest BCUT2D eigenvalue weighted by atomic mass is 16.6. The average molecular weight is 373 g/mol. The molecule has 0 unspecified atom stereocenters. The minimum atomic E-state index is -0.639. The van der Waals surface area contributed by atoms with Crippen molar-refractivity contribution in [1.29, 1.82) is 0 Å². The van der Waals surface area contributed by atoms with Gasteiger partial charge in [-0.2, -0.15) is 0 Å². The highest BCUT2D eigenvalue weighted by Crippen LogP contribution is 2.19. The Labute approximate surface area is 161 Å². The Balaban J connectivity index is 2.16. The SMILES string of the molecule is Cc1cc2cc(CN(NC(=O)CCC(C)C)C(=O)OC(C)(C)C)ccc2[nH]1. The molecule has 0 aliphatic heterocycles. The summed E-state index contributed by atoms with van der Waals surface area (Å²) >= 11 is 0. The van der Waals surface area contributed by atoms with Gasteiger partial charge < -0.3 is 9.72 Å². The number of fused-ring (bicyclic) bond motifs is 1. The fraction of sp³-hybridized carbons (Fsp3) is 0.524. The number of rotatable bonds is 5. The number of nitrogens with zero attached hydrogens (tertiary/aromatic N) is 1. The third kappa shape index (κ3) is 6.62.